The Labute approximate surface area is 175 Å². The maximum absolute atomic E-state index is 12.7. The largest absolute Gasteiger partial charge is 0.378 e. The second kappa shape index (κ2) is 9.24. The number of hydrogen-bond acceptors (Lipinski definition) is 4. The molecule has 29 heavy (non-hydrogen) atoms. The van der Waals surface area contributed by atoms with Gasteiger partial charge in [-0.25, -0.2) is 0 Å². The standard InChI is InChI=1S/C21H25ClN4O3/c1-24(2)16-7-5-15(6-8-16)20(25-11-3-4-12-25)14-23-21(27)18-10-9-17(26(28)29)13-19(18)22/h5-10,13,20H,3-4,11-12,14H2,1-2H3,(H,23,27)/p+1/t20-/m1/s1. The van der Waals surface area contributed by atoms with Crippen LogP contribution in [-0.2, 0) is 0 Å². The third kappa shape index (κ3) is 5.05. The maximum Gasteiger partial charge on any atom is 0.270 e. The average Bonchev–Trinajstić information content (AvgIpc) is 3.22. The molecule has 7 nitrogen and oxygen atoms in total. The van der Waals surface area contributed by atoms with Gasteiger partial charge >= 0.3 is 0 Å². The van der Waals surface area contributed by atoms with Crippen molar-refractivity contribution >= 4 is 28.9 Å². The predicted octanol–water partition coefficient (Wildman–Crippen LogP) is 2.46. The van der Waals surface area contributed by atoms with Crippen molar-refractivity contribution in [1.29, 1.82) is 0 Å². The van der Waals surface area contributed by atoms with E-state index < -0.39 is 4.92 Å². The molecule has 154 valence electrons. The summed E-state index contributed by atoms with van der Waals surface area (Å²) in [5, 5.41) is 13.9. The van der Waals surface area contributed by atoms with Crippen molar-refractivity contribution in [3.05, 3.63) is 68.7 Å². The Morgan fingerprint density at radius 1 is 1.21 bits per heavy atom. The van der Waals surface area contributed by atoms with Crippen molar-refractivity contribution in [3.63, 3.8) is 0 Å². The number of amides is 1. The predicted molar refractivity (Wildman–Crippen MR) is 114 cm³/mol. The highest BCUT2D eigenvalue weighted by molar-refractivity contribution is 6.34. The first-order valence-corrected chi connectivity index (χ1v) is 10.1. The average molecular weight is 418 g/mol. The lowest BCUT2D eigenvalue weighted by molar-refractivity contribution is -0.918. The summed E-state index contributed by atoms with van der Waals surface area (Å²) in [6.07, 6.45) is 2.37. The number of nitro groups is 1. The summed E-state index contributed by atoms with van der Waals surface area (Å²) >= 11 is 6.10. The number of likely N-dealkylation sites (tertiary alicyclic amines) is 1. The molecule has 0 bridgehead atoms. The summed E-state index contributed by atoms with van der Waals surface area (Å²) in [6.45, 7) is 2.63. The van der Waals surface area contributed by atoms with Gasteiger partial charge in [0.2, 0.25) is 0 Å². The van der Waals surface area contributed by atoms with E-state index >= 15 is 0 Å². The fourth-order valence-corrected chi connectivity index (χ4v) is 4.03. The smallest absolute Gasteiger partial charge is 0.270 e. The van der Waals surface area contributed by atoms with Gasteiger partial charge < -0.3 is 15.1 Å². The monoisotopic (exact) mass is 417 g/mol. The molecule has 1 aliphatic rings. The summed E-state index contributed by atoms with van der Waals surface area (Å²) in [7, 11) is 4.01. The van der Waals surface area contributed by atoms with Crippen molar-refractivity contribution in [2.75, 3.05) is 38.6 Å². The number of carbonyl (C=O) groups is 1. The lowest BCUT2D eigenvalue weighted by Gasteiger charge is -2.26. The topological polar surface area (TPSA) is 79.9 Å². The first kappa shape index (κ1) is 21.1. The van der Waals surface area contributed by atoms with Crippen LogP contribution < -0.4 is 15.1 Å². The molecule has 1 heterocycles. The summed E-state index contributed by atoms with van der Waals surface area (Å²) in [6, 6.07) is 12.5. The normalized spacial score (nSPS) is 15.1. The van der Waals surface area contributed by atoms with Crippen LogP contribution in [0.15, 0.2) is 42.5 Å². The van der Waals surface area contributed by atoms with Crippen LogP contribution in [0.25, 0.3) is 0 Å². The first-order valence-electron chi connectivity index (χ1n) is 9.71. The van der Waals surface area contributed by atoms with E-state index in [1.807, 2.05) is 14.1 Å². The van der Waals surface area contributed by atoms with Gasteiger partial charge in [0, 0.05) is 50.3 Å². The molecule has 2 aromatic rings. The number of nitrogens with one attached hydrogen (secondary N) is 2. The number of nitro benzene ring substituents is 1. The van der Waals surface area contributed by atoms with E-state index in [9.17, 15) is 14.9 Å². The second-order valence-corrected chi connectivity index (χ2v) is 7.94. The van der Waals surface area contributed by atoms with Crippen LogP contribution in [0, 0.1) is 10.1 Å². The Morgan fingerprint density at radius 3 is 2.41 bits per heavy atom. The van der Waals surface area contributed by atoms with Gasteiger partial charge in [0.25, 0.3) is 11.6 Å². The van der Waals surface area contributed by atoms with Crippen molar-refractivity contribution in [2.45, 2.75) is 18.9 Å². The first-order chi connectivity index (χ1) is 13.9. The Kier molecular flexibility index (Phi) is 6.71. The van der Waals surface area contributed by atoms with Crippen LogP contribution in [0.1, 0.15) is 34.8 Å². The lowest BCUT2D eigenvalue weighted by Crippen LogP contribution is -3.11. The number of halogens is 1. The third-order valence-electron chi connectivity index (χ3n) is 5.43. The van der Waals surface area contributed by atoms with Gasteiger partial charge in [-0.3, -0.25) is 14.9 Å². The Hall–Kier alpha value is -2.64. The van der Waals surface area contributed by atoms with Crippen molar-refractivity contribution < 1.29 is 14.6 Å². The molecular weight excluding hydrogens is 392 g/mol. The van der Waals surface area contributed by atoms with E-state index in [1.54, 1.807) is 0 Å². The summed E-state index contributed by atoms with van der Waals surface area (Å²) in [5.41, 5.74) is 2.43. The zero-order valence-electron chi connectivity index (χ0n) is 16.7. The highest BCUT2D eigenvalue weighted by Gasteiger charge is 2.28. The number of anilines is 1. The molecule has 2 N–H and O–H groups in total. The summed E-state index contributed by atoms with van der Waals surface area (Å²) in [5.74, 6) is -0.321. The number of non-ortho nitro benzene ring substituents is 1. The van der Waals surface area contributed by atoms with Gasteiger partial charge in [-0.2, -0.15) is 0 Å². The second-order valence-electron chi connectivity index (χ2n) is 7.54. The van der Waals surface area contributed by atoms with E-state index in [1.165, 1.54) is 41.5 Å². The minimum Gasteiger partial charge on any atom is -0.378 e. The Bertz CT molecular complexity index is 880. The van der Waals surface area contributed by atoms with E-state index in [2.05, 4.69) is 34.5 Å². The molecule has 2 aromatic carbocycles. The minimum atomic E-state index is -0.530. The highest BCUT2D eigenvalue weighted by Crippen LogP contribution is 2.23. The molecule has 0 radical (unpaired) electrons. The molecule has 1 aliphatic heterocycles. The van der Waals surface area contributed by atoms with E-state index in [0.29, 0.717) is 6.54 Å². The van der Waals surface area contributed by atoms with Gasteiger partial charge in [-0.05, 0) is 18.2 Å². The van der Waals surface area contributed by atoms with Crippen molar-refractivity contribution in [1.82, 2.24) is 5.32 Å². The van der Waals surface area contributed by atoms with E-state index in [0.717, 1.165) is 18.8 Å². The molecule has 3 rings (SSSR count). The molecule has 0 aromatic heterocycles. The number of nitrogens with zero attached hydrogens (tertiary/aromatic N) is 2. The van der Waals surface area contributed by atoms with Crippen LogP contribution in [0.4, 0.5) is 11.4 Å². The fraction of sp³-hybridized carbons (Fsp3) is 0.381. The van der Waals surface area contributed by atoms with Crippen LogP contribution >= 0.6 is 11.6 Å². The van der Waals surface area contributed by atoms with E-state index in [4.69, 9.17) is 11.6 Å². The van der Waals surface area contributed by atoms with E-state index in [-0.39, 0.29) is 28.2 Å². The Balaban J connectivity index is 1.74. The maximum atomic E-state index is 12.7. The quantitative estimate of drug-likeness (QED) is 0.535. The summed E-state index contributed by atoms with van der Waals surface area (Å²) < 4.78 is 0. The third-order valence-corrected chi connectivity index (χ3v) is 5.74. The molecule has 0 aliphatic carbocycles. The van der Waals surface area contributed by atoms with Crippen LogP contribution in [-0.4, -0.2) is 44.6 Å². The molecule has 1 atom stereocenters. The van der Waals surface area contributed by atoms with Gasteiger partial charge in [-0.15, -0.1) is 0 Å². The zero-order valence-corrected chi connectivity index (χ0v) is 17.4. The minimum absolute atomic E-state index is 0.0807. The number of rotatable bonds is 7. The SMILES string of the molecule is CN(C)c1ccc([C@@H](CNC(=O)c2ccc([N+](=O)[O-])cc2Cl)[NH+]2CCCC2)cc1. The lowest BCUT2D eigenvalue weighted by atomic mass is 10.0. The molecule has 0 spiro atoms. The van der Waals surface area contributed by atoms with Gasteiger partial charge in [0.15, 0.2) is 0 Å². The molecule has 1 saturated heterocycles. The highest BCUT2D eigenvalue weighted by atomic mass is 35.5. The van der Waals surface area contributed by atoms with Crippen molar-refractivity contribution in [2.24, 2.45) is 0 Å². The Morgan fingerprint density at radius 2 is 1.86 bits per heavy atom. The van der Waals surface area contributed by atoms with Gasteiger partial charge in [0.05, 0.1) is 35.1 Å². The van der Waals surface area contributed by atoms with Crippen LogP contribution in [0.5, 0.6) is 0 Å². The van der Waals surface area contributed by atoms with Gasteiger partial charge in [0.1, 0.15) is 6.04 Å². The molecule has 0 saturated carbocycles. The van der Waals surface area contributed by atoms with Gasteiger partial charge in [-0.1, -0.05) is 23.7 Å². The summed E-state index contributed by atoms with van der Waals surface area (Å²) in [4.78, 5) is 26.5. The number of carbonyl (C=O) groups excluding carboxylic acids is 1. The fourth-order valence-electron chi connectivity index (χ4n) is 3.77. The number of benzene rings is 2. The van der Waals surface area contributed by atoms with Crippen LogP contribution in [0.3, 0.4) is 0 Å². The molecule has 0 unspecified atom stereocenters. The molecule has 8 heteroatoms. The molecule has 1 amide bonds. The molecule has 1 fully saturated rings. The van der Waals surface area contributed by atoms with Crippen molar-refractivity contribution in [3.8, 4) is 0 Å². The number of quaternary nitrogens is 1. The molecular formula is C21H26ClN4O3+. The van der Waals surface area contributed by atoms with Crippen LogP contribution in [0.2, 0.25) is 5.02 Å². The number of hydrogen-bond donors (Lipinski definition) is 2. The zero-order chi connectivity index (χ0) is 21.0.